The maximum absolute atomic E-state index is 10.3. The Bertz CT molecular complexity index is 348. The number of carbonyl (C=O) groups is 1. The summed E-state index contributed by atoms with van der Waals surface area (Å²) in [6.45, 7) is -0.0556. The first-order valence-electron chi connectivity index (χ1n) is 5.40. The lowest BCUT2D eigenvalue weighted by Gasteiger charge is -2.06. The van der Waals surface area contributed by atoms with E-state index in [-0.39, 0.29) is 37.1 Å². The van der Waals surface area contributed by atoms with E-state index >= 15 is 0 Å². The van der Waals surface area contributed by atoms with Crippen molar-refractivity contribution in [2.45, 2.75) is 6.42 Å². The van der Waals surface area contributed by atoms with Crippen molar-refractivity contribution in [3.63, 3.8) is 0 Å². The number of aromatic carboxylic acids is 1. The highest BCUT2D eigenvalue weighted by Gasteiger charge is 2.05. The molecule has 6 heteroatoms. The molecule has 102 valence electrons. The quantitative estimate of drug-likeness (QED) is 0.509. The summed E-state index contributed by atoms with van der Waals surface area (Å²) >= 11 is 0. The summed E-state index contributed by atoms with van der Waals surface area (Å²) in [6, 6.07) is 5.81. The lowest BCUT2D eigenvalue weighted by atomic mass is 10.1. The number of hydrogen-bond acceptors (Lipinski definition) is 5. The summed E-state index contributed by atoms with van der Waals surface area (Å²) in [5, 5.41) is 42.4. The zero-order valence-corrected chi connectivity index (χ0v) is 9.86. The van der Waals surface area contributed by atoms with Crippen LogP contribution in [0.2, 0.25) is 0 Å². The Kier molecular flexibility index (Phi) is 8.55. The summed E-state index contributed by atoms with van der Waals surface area (Å²) in [5.74, 6) is -1.45. The second-order valence-electron chi connectivity index (χ2n) is 3.57. The van der Waals surface area contributed by atoms with Crippen molar-refractivity contribution in [3.8, 4) is 5.75 Å². The predicted octanol–water partition coefficient (Wildman–Crippen LogP) is 0.0600. The lowest BCUT2D eigenvalue weighted by molar-refractivity contribution is 0.0693. The first-order valence-corrected chi connectivity index (χ1v) is 5.40. The van der Waals surface area contributed by atoms with E-state index in [2.05, 4.69) is 0 Å². The van der Waals surface area contributed by atoms with Gasteiger partial charge in [0.1, 0.15) is 11.3 Å². The molecule has 6 nitrogen and oxygen atoms in total. The number of aromatic hydroxyl groups is 1. The Morgan fingerprint density at radius 1 is 1.11 bits per heavy atom. The van der Waals surface area contributed by atoms with E-state index in [9.17, 15) is 4.79 Å². The fraction of sp³-hybridized carbons (Fsp3) is 0.417. The van der Waals surface area contributed by atoms with Crippen molar-refractivity contribution in [2.75, 3.05) is 19.8 Å². The van der Waals surface area contributed by atoms with Crippen LogP contribution in [-0.4, -0.2) is 51.3 Å². The van der Waals surface area contributed by atoms with Crippen molar-refractivity contribution in [1.29, 1.82) is 0 Å². The molecule has 0 atom stereocenters. The molecule has 0 radical (unpaired) electrons. The fourth-order valence-electron chi connectivity index (χ4n) is 1.08. The summed E-state index contributed by atoms with van der Waals surface area (Å²) in [7, 11) is 0. The van der Waals surface area contributed by atoms with Crippen molar-refractivity contribution in [1.82, 2.24) is 0 Å². The number of rotatable bonds is 5. The average Bonchev–Trinajstić information content (AvgIpc) is 2.37. The summed E-state index contributed by atoms with van der Waals surface area (Å²) < 4.78 is 0. The zero-order chi connectivity index (χ0) is 14.0. The number of benzene rings is 1. The summed E-state index contributed by atoms with van der Waals surface area (Å²) in [5.41, 5.74) is -0.0671. The Balaban J connectivity index is 0.000000331. The number of aliphatic hydroxyl groups is 3. The number of para-hydroxylation sites is 1. The average molecular weight is 258 g/mol. The monoisotopic (exact) mass is 258 g/mol. The molecular weight excluding hydrogens is 240 g/mol. The van der Waals surface area contributed by atoms with Gasteiger partial charge in [-0.15, -0.1) is 0 Å². The second-order valence-corrected chi connectivity index (χ2v) is 3.57. The zero-order valence-electron chi connectivity index (χ0n) is 9.86. The van der Waals surface area contributed by atoms with Gasteiger partial charge in [-0.25, -0.2) is 4.79 Å². The van der Waals surface area contributed by atoms with E-state index in [1.165, 1.54) is 12.1 Å². The molecular formula is C12H18O6. The lowest BCUT2D eigenvalue weighted by Crippen LogP contribution is -2.12. The Labute approximate surface area is 105 Å². The predicted molar refractivity (Wildman–Crippen MR) is 64.4 cm³/mol. The number of hydrogen-bond donors (Lipinski definition) is 5. The molecule has 1 aromatic carbocycles. The third-order valence-electron chi connectivity index (χ3n) is 2.19. The summed E-state index contributed by atoms with van der Waals surface area (Å²) in [6.07, 6.45) is 0.479. The molecule has 0 fully saturated rings. The van der Waals surface area contributed by atoms with Gasteiger partial charge in [0.2, 0.25) is 0 Å². The molecule has 1 rings (SSSR count). The van der Waals surface area contributed by atoms with Gasteiger partial charge >= 0.3 is 5.97 Å². The van der Waals surface area contributed by atoms with Crippen LogP contribution in [0.5, 0.6) is 5.75 Å². The molecule has 0 aliphatic rings. The van der Waals surface area contributed by atoms with E-state index in [1.807, 2.05) is 0 Å². The van der Waals surface area contributed by atoms with Gasteiger partial charge in [0.15, 0.2) is 0 Å². The molecule has 0 unspecified atom stereocenters. The first kappa shape index (κ1) is 16.4. The van der Waals surface area contributed by atoms with Crippen LogP contribution in [0.1, 0.15) is 16.8 Å². The molecule has 0 aliphatic carbocycles. The highest BCUT2D eigenvalue weighted by atomic mass is 16.4. The highest BCUT2D eigenvalue weighted by molar-refractivity contribution is 5.90. The highest BCUT2D eigenvalue weighted by Crippen LogP contribution is 2.14. The molecule has 0 amide bonds. The topological polar surface area (TPSA) is 118 Å². The Morgan fingerprint density at radius 2 is 1.67 bits per heavy atom. The molecule has 0 aromatic heterocycles. The molecule has 5 N–H and O–H groups in total. The fourth-order valence-corrected chi connectivity index (χ4v) is 1.08. The largest absolute Gasteiger partial charge is 0.507 e. The van der Waals surface area contributed by atoms with Gasteiger partial charge in [-0.05, 0) is 18.6 Å². The first-order chi connectivity index (χ1) is 8.56. The molecule has 0 heterocycles. The second kappa shape index (κ2) is 9.41. The Morgan fingerprint density at radius 3 is 1.94 bits per heavy atom. The SMILES string of the molecule is O=C(O)c1ccccc1O.OCCC(CO)CO. The van der Waals surface area contributed by atoms with E-state index in [1.54, 1.807) is 12.1 Å². The van der Waals surface area contributed by atoms with Crippen LogP contribution in [0.4, 0.5) is 0 Å². The number of aliphatic hydroxyl groups excluding tert-OH is 3. The normalized spacial score (nSPS) is 9.78. The third kappa shape index (κ3) is 6.19. The smallest absolute Gasteiger partial charge is 0.339 e. The van der Waals surface area contributed by atoms with Crippen molar-refractivity contribution < 1.29 is 30.3 Å². The number of phenols is 1. The maximum atomic E-state index is 10.3. The Hall–Kier alpha value is -1.63. The minimum atomic E-state index is -1.11. The van der Waals surface area contributed by atoms with Gasteiger partial charge in [0, 0.05) is 25.7 Å². The third-order valence-corrected chi connectivity index (χ3v) is 2.19. The van der Waals surface area contributed by atoms with Crippen LogP contribution >= 0.6 is 0 Å². The van der Waals surface area contributed by atoms with Gasteiger partial charge in [0.25, 0.3) is 0 Å². The van der Waals surface area contributed by atoms with Crippen LogP contribution in [0.3, 0.4) is 0 Å². The van der Waals surface area contributed by atoms with Crippen LogP contribution in [0, 0.1) is 5.92 Å². The van der Waals surface area contributed by atoms with Gasteiger partial charge < -0.3 is 25.5 Å². The molecule has 0 aliphatic heterocycles. The van der Waals surface area contributed by atoms with E-state index in [0.29, 0.717) is 6.42 Å². The van der Waals surface area contributed by atoms with E-state index < -0.39 is 5.97 Å². The number of carboxylic acid groups (broad SMARTS) is 1. The van der Waals surface area contributed by atoms with Crippen LogP contribution in [0.15, 0.2) is 24.3 Å². The van der Waals surface area contributed by atoms with E-state index in [4.69, 9.17) is 25.5 Å². The maximum Gasteiger partial charge on any atom is 0.339 e. The molecule has 0 saturated heterocycles. The molecule has 0 spiro atoms. The standard InChI is InChI=1S/C7H6O3.C5H12O3/c8-6-4-2-1-3-5(6)7(9)10;6-2-1-5(3-7)4-8/h1-4,8H,(H,9,10);5-8H,1-4H2. The minimum Gasteiger partial charge on any atom is -0.507 e. The van der Waals surface area contributed by atoms with Crippen LogP contribution in [-0.2, 0) is 0 Å². The van der Waals surface area contributed by atoms with Gasteiger partial charge in [-0.3, -0.25) is 0 Å². The summed E-state index contributed by atoms with van der Waals surface area (Å²) in [4.78, 5) is 10.3. The van der Waals surface area contributed by atoms with Gasteiger partial charge in [-0.2, -0.15) is 0 Å². The van der Waals surface area contributed by atoms with Crippen molar-refractivity contribution in [2.24, 2.45) is 5.92 Å². The van der Waals surface area contributed by atoms with E-state index in [0.717, 1.165) is 0 Å². The minimum absolute atomic E-state index is 0.0335. The van der Waals surface area contributed by atoms with Crippen molar-refractivity contribution >= 4 is 5.97 Å². The van der Waals surface area contributed by atoms with Crippen LogP contribution < -0.4 is 0 Å². The molecule has 0 saturated carbocycles. The number of carboxylic acids is 1. The van der Waals surface area contributed by atoms with Gasteiger partial charge in [-0.1, -0.05) is 12.1 Å². The van der Waals surface area contributed by atoms with Gasteiger partial charge in [0.05, 0.1) is 0 Å². The molecule has 0 bridgehead atoms. The van der Waals surface area contributed by atoms with Crippen LogP contribution in [0.25, 0.3) is 0 Å². The molecule has 1 aromatic rings. The van der Waals surface area contributed by atoms with Crippen molar-refractivity contribution in [3.05, 3.63) is 29.8 Å². The molecule has 18 heavy (non-hydrogen) atoms.